The van der Waals surface area contributed by atoms with E-state index in [4.69, 9.17) is 9.47 Å². The summed E-state index contributed by atoms with van der Waals surface area (Å²) in [4.78, 5) is 8.23. The average Bonchev–Trinajstić information content (AvgIpc) is 3.11. The van der Waals surface area contributed by atoms with Crippen LogP contribution >= 0.6 is 0 Å². The first-order chi connectivity index (χ1) is 11.3. The van der Waals surface area contributed by atoms with E-state index in [1.165, 1.54) is 0 Å². The number of nitrogens with one attached hydrogen (secondary N) is 2. The minimum atomic E-state index is 0.644. The van der Waals surface area contributed by atoms with Crippen molar-refractivity contribution < 1.29 is 9.47 Å². The van der Waals surface area contributed by atoms with E-state index in [1.807, 2.05) is 29.0 Å². The van der Waals surface area contributed by atoms with Crippen molar-refractivity contribution in [3.8, 4) is 11.5 Å². The molecule has 7 nitrogen and oxygen atoms in total. The number of guanidine groups is 1. The summed E-state index contributed by atoms with van der Waals surface area (Å²) in [5, 5.41) is 6.54. The fraction of sp³-hybridized carbons (Fsp3) is 0.375. The van der Waals surface area contributed by atoms with Crippen LogP contribution in [0.25, 0.3) is 0 Å². The molecule has 0 radical (unpaired) electrons. The summed E-state index contributed by atoms with van der Waals surface area (Å²) in [6, 6.07) is 5.84. The Hall–Kier alpha value is -2.70. The Labute approximate surface area is 136 Å². The SMILES string of the molecule is CN=C(NCCn1ccnc1)NCc1ccc(OC)c(OC)c1. The van der Waals surface area contributed by atoms with Crippen molar-refractivity contribution in [2.24, 2.45) is 4.99 Å². The second-order valence-corrected chi connectivity index (χ2v) is 4.84. The lowest BCUT2D eigenvalue weighted by Crippen LogP contribution is -2.38. The first kappa shape index (κ1) is 16.7. The van der Waals surface area contributed by atoms with E-state index in [1.54, 1.807) is 33.8 Å². The van der Waals surface area contributed by atoms with Crippen molar-refractivity contribution in [2.45, 2.75) is 13.1 Å². The highest BCUT2D eigenvalue weighted by Crippen LogP contribution is 2.27. The molecule has 2 aromatic rings. The number of nitrogens with zero attached hydrogens (tertiary/aromatic N) is 3. The van der Waals surface area contributed by atoms with Gasteiger partial charge in [0.2, 0.25) is 0 Å². The van der Waals surface area contributed by atoms with E-state index < -0.39 is 0 Å². The Morgan fingerprint density at radius 3 is 2.70 bits per heavy atom. The predicted molar refractivity (Wildman–Crippen MR) is 90.0 cm³/mol. The van der Waals surface area contributed by atoms with Crippen LogP contribution in [0.5, 0.6) is 11.5 Å². The van der Waals surface area contributed by atoms with Crippen LogP contribution in [0.1, 0.15) is 5.56 Å². The number of benzene rings is 1. The molecule has 0 amide bonds. The van der Waals surface area contributed by atoms with Crippen LogP contribution in [-0.2, 0) is 13.1 Å². The van der Waals surface area contributed by atoms with Crippen molar-refractivity contribution in [3.63, 3.8) is 0 Å². The third-order valence-corrected chi connectivity index (χ3v) is 3.35. The molecule has 2 rings (SSSR count). The first-order valence-electron chi connectivity index (χ1n) is 7.38. The lowest BCUT2D eigenvalue weighted by atomic mass is 10.2. The zero-order valence-corrected chi connectivity index (χ0v) is 13.7. The van der Waals surface area contributed by atoms with Crippen LogP contribution in [0.3, 0.4) is 0 Å². The predicted octanol–water partition coefficient (Wildman–Crippen LogP) is 1.27. The van der Waals surface area contributed by atoms with Gasteiger partial charge >= 0.3 is 0 Å². The van der Waals surface area contributed by atoms with Gasteiger partial charge < -0.3 is 24.7 Å². The van der Waals surface area contributed by atoms with E-state index in [2.05, 4.69) is 20.6 Å². The molecule has 2 N–H and O–H groups in total. The van der Waals surface area contributed by atoms with Gasteiger partial charge in [-0.25, -0.2) is 4.98 Å². The summed E-state index contributed by atoms with van der Waals surface area (Å²) in [5.41, 5.74) is 1.08. The Bertz CT molecular complexity index is 625. The third kappa shape index (κ3) is 4.91. The molecule has 1 aromatic carbocycles. The number of ether oxygens (including phenoxy) is 2. The Balaban J connectivity index is 1.83. The van der Waals surface area contributed by atoms with E-state index in [9.17, 15) is 0 Å². The standard InChI is InChI=1S/C16H23N5O2/c1-17-16(19-7-9-21-8-6-18-12-21)20-11-13-4-5-14(22-2)15(10-13)23-3/h4-6,8,10,12H,7,9,11H2,1-3H3,(H2,17,19,20). The number of imidazole rings is 1. The summed E-state index contributed by atoms with van der Waals surface area (Å²) in [6.07, 6.45) is 5.49. The highest BCUT2D eigenvalue weighted by atomic mass is 16.5. The van der Waals surface area contributed by atoms with E-state index >= 15 is 0 Å². The van der Waals surface area contributed by atoms with Crippen LogP contribution < -0.4 is 20.1 Å². The molecule has 0 aliphatic carbocycles. The Morgan fingerprint density at radius 1 is 1.22 bits per heavy atom. The van der Waals surface area contributed by atoms with Gasteiger partial charge in [0.1, 0.15) is 0 Å². The second kappa shape index (κ2) is 8.67. The quantitative estimate of drug-likeness (QED) is 0.594. The van der Waals surface area contributed by atoms with Crippen molar-refractivity contribution in [2.75, 3.05) is 27.8 Å². The van der Waals surface area contributed by atoms with Crippen molar-refractivity contribution in [3.05, 3.63) is 42.5 Å². The summed E-state index contributed by atoms with van der Waals surface area (Å²) < 4.78 is 12.6. The van der Waals surface area contributed by atoms with Crippen molar-refractivity contribution in [1.82, 2.24) is 20.2 Å². The number of methoxy groups -OCH3 is 2. The molecule has 7 heteroatoms. The molecule has 0 bridgehead atoms. The third-order valence-electron chi connectivity index (χ3n) is 3.35. The molecule has 1 aromatic heterocycles. The molecule has 0 aliphatic heterocycles. The van der Waals surface area contributed by atoms with Gasteiger partial charge in [-0.15, -0.1) is 0 Å². The lowest BCUT2D eigenvalue weighted by molar-refractivity contribution is 0.354. The molecule has 0 saturated heterocycles. The fourth-order valence-corrected chi connectivity index (χ4v) is 2.12. The molecule has 0 fully saturated rings. The smallest absolute Gasteiger partial charge is 0.191 e. The van der Waals surface area contributed by atoms with Gasteiger partial charge in [0.15, 0.2) is 17.5 Å². The summed E-state index contributed by atoms with van der Waals surface area (Å²) in [5.74, 6) is 2.19. The number of aliphatic imine (C=N–C) groups is 1. The molecule has 1 heterocycles. The topological polar surface area (TPSA) is 72.7 Å². The van der Waals surface area contributed by atoms with Crippen LogP contribution in [0.4, 0.5) is 0 Å². The fourth-order valence-electron chi connectivity index (χ4n) is 2.12. The number of hydrogen-bond donors (Lipinski definition) is 2. The van der Waals surface area contributed by atoms with E-state index in [0.717, 1.165) is 36.1 Å². The van der Waals surface area contributed by atoms with Crippen LogP contribution in [-0.4, -0.2) is 43.3 Å². The van der Waals surface area contributed by atoms with Gasteiger partial charge in [-0.2, -0.15) is 0 Å². The molecule has 0 unspecified atom stereocenters. The largest absolute Gasteiger partial charge is 0.493 e. The maximum absolute atomic E-state index is 5.31. The van der Waals surface area contributed by atoms with Gasteiger partial charge in [-0.05, 0) is 17.7 Å². The maximum Gasteiger partial charge on any atom is 0.191 e. The van der Waals surface area contributed by atoms with Crippen LogP contribution in [0.2, 0.25) is 0 Å². The summed E-state index contributed by atoms with van der Waals surface area (Å²) in [6.45, 7) is 2.24. The molecule has 23 heavy (non-hydrogen) atoms. The second-order valence-electron chi connectivity index (χ2n) is 4.84. The molecular weight excluding hydrogens is 294 g/mol. The Morgan fingerprint density at radius 2 is 2.04 bits per heavy atom. The van der Waals surface area contributed by atoms with E-state index in [0.29, 0.717) is 6.54 Å². The Kier molecular flexibility index (Phi) is 6.28. The average molecular weight is 317 g/mol. The lowest BCUT2D eigenvalue weighted by Gasteiger charge is -2.13. The van der Waals surface area contributed by atoms with Gasteiger partial charge in [0, 0.05) is 39.1 Å². The van der Waals surface area contributed by atoms with Crippen molar-refractivity contribution >= 4 is 5.96 Å². The summed E-state index contributed by atoms with van der Waals surface area (Å²) >= 11 is 0. The summed E-state index contributed by atoms with van der Waals surface area (Å²) in [7, 11) is 5.01. The zero-order valence-electron chi connectivity index (χ0n) is 13.7. The van der Waals surface area contributed by atoms with Gasteiger partial charge in [-0.3, -0.25) is 4.99 Å². The molecule has 0 spiro atoms. The number of hydrogen-bond acceptors (Lipinski definition) is 4. The van der Waals surface area contributed by atoms with E-state index in [-0.39, 0.29) is 0 Å². The van der Waals surface area contributed by atoms with Crippen LogP contribution in [0, 0.1) is 0 Å². The highest BCUT2D eigenvalue weighted by Gasteiger charge is 2.05. The first-order valence-corrected chi connectivity index (χ1v) is 7.38. The molecule has 0 atom stereocenters. The van der Waals surface area contributed by atoms with Gasteiger partial charge in [0.25, 0.3) is 0 Å². The maximum atomic E-state index is 5.31. The number of rotatable bonds is 7. The highest BCUT2D eigenvalue weighted by molar-refractivity contribution is 5.79. The minimum Gasteiger partial charge on any atom is -0.493 e. The molecule has 124 valence electrons. The van der Waals surface area contributed by atoms with Gasteiger partial charge in [-0.1, -0.05) is 6.07 Å². The molecular formula is C16H23N5O2. The van der Waals surface area contributed by atoms with Crippen LogP contribution in [0.15, 0.2) is 41.9 Å². The monoisotopic (exact) mass is 317 g/mol. The molecule has 0 aliphatic rings. The molecule has 0 saturated carbocycles. The zero-order chi connectivity index (χ0) is 16.5. The minimum absolute atomic E-state index is 0.644. The van der Waals surface area contributed by atoms with Gasteiger partial charge in [0.05, 0.1) is 20.5 Å². The number of aromatic nitrogens is 2. The normalized spacial score (nSPS) is 11.2. The van der Waals surface area contributed by atoms with Crippen molar-refractivity contribution in [1.29, 1.82) is 0 Å².